The molecule has 0 N–H and O–H groups in total. The summed E-state index contributed by atoms with van der Waals surface area (Å²) in [6.07, 6.45) is 1.97. The highest BCUT2D eigenvalue weighted by Gasteiger charge is 2.17. The van der Waals surface area contributed by atoms with Crippen molar-refractivity contribution < 1.29 is 4.42 Å². The van der Waals surface area contributed by atoms with E-state index in [1.807, 2.05) is 19.2 Å². The van der Waals surface area contributed by atoms with Crippen LogP contribution in [0.25, 0.3) is 44.1 Å². The topological polar surface area (TPSA) is 38.9 Å². The van der Waals surface area contributed by atoms with E-state index in [0.29, 0.717) is 11.6 Å². The number of furan rings is 1. The molecular formula is C26H24N2O. The molecular weight excluding hydrogens is 356 g/mol. The average Bonchev–Trinajstić information content (AvgIpc) is 3.05. The van der Waals surface area contributed by atoms with Gasteiger partial charge < -0.3 is 4.42 Å². The minimum Gasteiger partial charge on any atom is -0.437 e. The molecule has 0 unspecified atom stereocenters. The number of pyridine rings is 2. The highest BCUT2D eigenvalue weighted by Crippen LogP contribution is 2.39. The van der Waals surface area contributed by atoms with Crippen molar-refractivity contribution in [1.82, 2.24) is 9.97 Å². The van der Waals surface area contributed by atoms with Gasteiger partial charge in [0.05, 0.1) is 5.69 Å². The van der Waals surface area contributed by atoms with E-state index in [0.717, 1.165) is 38.7 Å². The zero-order valence-corrected chi connectivity index (χ0v) is 17.5. The Kier molecular flexibility index (Phi) is 3.95. The number of aryl methyl sites for hydroxylation is 3. The van der Waals surface area contributed by atoms with E-state index < -0.39 is 0 Å². The van der Waals surface area contributed by atoms with E-state index in [1.54, 1.807) is 0 Å². The monoisotopic (exact) mass is 380 g/mol. The molecule has 0 aliphatic carbocycles. The predicted octanol–water partition coefficient (Wildman–Crippen LogP) is 7.24. The van der Waals surface area contributed by atoms with E-state index in [2.05, 4.69) is 69.1 Å². The van der Waals surface area contributed by atoms with Crippen molar-refractivity contribution >= 4 is 32.8 Å². The summed E-state index contributed by atoms with van der Waals surface area (Å²) in [5.74, 6) is 0.491. The number of nitrogens with zero attached hydrogens (tertiary/aromatic N) is 2. The summed E-state index contributed by atoms with van der Waals surface area (Å²) in [5.41, 5.74) is 8.20. The van der Waals surface area contributed by atoms with Crippen LogP contribution in [0.1, 0.15) is 42.1 Å². The molecule has 0 spiro atoms. The lowest BCUT2D eigenvalue weighted by Crippen LogP contribution is -1.93. The fourth-order valence-corrected chi connectivity index (χ4v) is 4.14. The molecule has 29 heavy (non-hydrogen) atoms. The van der Waals surface area contributed by atoms with Crippen molar-refractivity contribution in [3.05, 3.63) is 71.0 Å². The van der Waals surface area contributed by atoms with Crippen LogP contribution in [0.2, 0.25) is 0 Å². The van der Waals surface area contributed by atoms with Gasteiger partial charge in [-0.25, -0.2) is 4.98 Å². The average molecular weight is 380 g/mol. The summed E-state index contributed by atoms with van der Waals surface area (Å²) in [5, 5.41) is 4.55. The summed E-state index contributed by atoms with van der Waals surface area (Å²) < 4.78 is 6.26. The maximum Gasteiger partial charge on any atom is 0.227 e. The van der Waals surface area contributed by atoms with Crippen LogP contribution in [0.4, 0.5) is 0 Å². The van der Waals surface area contributed by atoms with E-state index in [-0.39, 0.29) is 0 Å². The predicted molar refractivity (Wildman–Crippen MR) is 121 cm³/mol. The first-order chi connectivity index (χ1) is 13.9. The van der Waals surface area contributed by atoms with Gasteiger partial charge in [-0.2, -0.15) is 0 Å². The Labute approximate surface area is 170 Å². The Balaban J connectivity index is 1.87. The van der Waals surface area contributed by atoms with Gasteiger partial charge in [0.2, 0.25) is 5.71 Å². The summed E-state index contributed by atoms with van der Waals surface area (Å²) in [4.78, 5) is 9.45. The first-order valence-electron chi connectivity index (χ1n) is 10.1. The first-order valence-corrected chi connectivity index (χ1v) is 10.1. The molecule has 0 aliphatic rings. The third-order valence-electron chi connectivity index (χ3n) is 5.75. The van der Waals surface area contributed by atoms with Gasteiger partial charge in [0, 0.05) is 33.6 Å². The second-order valence-electron chi connectivity index (χ2n) is 8.35. The third kappa shape index (κ3) is 2.80. The number of hydrogen-bond donors (Lipinski definition) is 0. The van der Waals surface area contributed by atoms with Crippen LogP contribution in [0.5, 0.6) is 0 Å². The Morgan fingerprint density at radius 2 is 1.62 bits per heavy atom. The van der Waals surface area contributed by atoms with Crippen molar-refractivity contribution in [2.75, 3.05) is 0 Å². The van der Waals surface area contributed by atoms with Gasteiger partial charge in [0.1, 0.15) is 5.58 Å². The minimum absolute atomic E-state index is 0.491. The lowest BCUT2D eigenvalue weighted by molar-refractivity contribution is 0.653. The molecule has 0 aliphatic heterocycles. The molecule has 2 aromatic carbocycles. The standard InChI is InChI=1S/C26H24N2O/c1-14(2)18-7-9-19-21(12-18)16(4)13-27-24(19)23-11-15(3)10-22-20-8-6-17(5)28-26(20)29-25(22)23/h6-14H,1-5H3. The van der Waals surface area contributed by atoms with Crippen LogP contribution in [0.3, 0.4) is 0 Å². The van der Waals surface area contributed by atoms with Gasteiger partial charge in [-0.3, -0.25) is 4.98 Å². The van der Waals surface area contributed by atoms with Gasteiger partial charge in [-0.15, -0.1) is 0 Å². The minimum atomic E-state index is 0.491. The number of rotatable bonds is 2. The smallest absolute Gasteiger partial charge is 0.227 e. The van der Waals surface area contributed by atoms with Crippen LogP contribution in [-0.2, 0) is 0 Å². The summed E-state index contributed by atoms with van der Waals surface area (Å²) in [6.45, 7) is 10.7. The number of hydrogen-bond acceptors (Lipinski definition) is 3. The van der Waals surface area contributed by atoms with Crippen molar-refractivity contribution in [3.63, 3.8) is 0 Å². The van der Waals surface area contributed by atoms with Crippen LogP contribution in [0.15, 0.2) is 53.1 Å². The molecule has 3 heteroatoms. The Bertz CT molecular complexity index is 1410. The Hall–Kier alpha value is -3.20. The van der Waals surface area contributed by atoms with Crippen LogP contribution >= 0.6 is 0 Å². The molecule has 5 rings (SSSR count). The van der Waals surface area contributed by atoms with Crippen LogP contribution in [-0.4, -0.2) is 9.97 Å². The molecule has 3 heterocycles. The van der Waals surface area contributed by atoms with E-state index in [4.69, 9.17) is 9.40 Å². The third-order valence-corrected chi connectivity index (χ3v) is 5.75. The van der Waals surface area contributed by atoms with Crippen molar-refractivity contribution in [3.8, 4) is 11.3 Å². The molecule has 0 saturated carbocycles. The molecule has 0 radical (unpaired) electrons. The van der Waals surface area contributed by atoms with Crippen molar-refractivity contribution in [1.29, 1.82) is 0 Å². The maximum absolute atomic E-state index is 6.26. The summed E-state index contributed by atoms with van der Waals surface area (Å²) in [6, 6.07) is 15.2. The molecule has 0 bridgehead atoms. The molecule has 0 atom stereocenters. The van der Waals surface area contributed by atoms with E-state index >= 15 is 0 Å². The highest BCUT2D eigenvalue weighted by molar-refractivity contribution is 6.11. The summed E-state index contributed by atoms with van der Waals surface area (Å²) >= 11 is 0. The maximum atomic E-state index is 6.26. The van der Waals surface area contributed by atoms with Gasteiger partial charge in [0.15, 0.2) is 0 Å². The fraction of sp³-hybridized carbons (Fsp3) is 0.231. The number of benzene rings is 2. The fourth-order valence-electron chi connectivity index (χ4n) is 4.14. The normalized spacial score (nSPS) is 11.9. The molecule has 3 nitrogen and oxygen atoms in total. The van der Waals surface area contributed by atoms with Crippen molar-refractivity contribution in [2.45, 2.75) is 40.5 Å². The molecule has 144 valence electrons. The zero-order valence-electron chi connectivity index (χ0n) is 17.5. The van der Waals surface area contributed by atoms with Crippen LogP contribution < -0.4 is 0 Å². The van der Waals surface area contributed by atoms with Crippen molar-refractivity contribution in [2.24, 2.45) is 0 Å². The second-order valence-corrected chi connectivity index (χ2v) is 8.35. The Morgan fingerprint density at radius 1 is 0.828 bits per heavy atom. The summed E-state index contributed by atoms with van der Waals surface area (Å²) in [7, 11) is 0. The van der Waals surface area contributed by atoms with Gasteiger partial charge in [0.25, 0.3) is 0 Å². The lowest BCUT2D eigenvalue weighted by atomic mass is 9.94. The van der Waals surface area contributed by atoms with Gasteiger partial charge in [-0.05, 0) is 73.0 Å². The van der Waals surface area contributed by atoms with E-state index in [9.17, 15) is 0 Å². The Morgan fingerprint density at radius 3 is 2.41 bits per heavy atom. The highest BCUT2D eigenvalue weighted by atomic mass is 16.3. The lowest BCUT2D eigenvalue weighted by Gasteiger charge is -2.13. The molecule has 0 saturated heterocycles. The van der Waals surface area contributed by atoms with Gasteiger partial charge >= 0.3 is 0 Å². The molecule has 0 fully saturated rings. The largest absolute Gasteiger partial charge is 0.437 e. The quantitative estimate of drug-likeness (QED) is 0.324. The zero-order chi connectivity index (χ0) is 20.3. The molecule has 3 aromatic heterocycles. The second kappa shape index (κ2) is 6.41. The first kappa shape index (κ1) is 17.9. The molecule has 0 amide bonds. The van der Waals surface area contributed by atoms with E-state index in [1.165, 1.54) is 22.1 Å². The van der Waals surface area contributed by atoms with Gasteiger partial charge in [-0.1, -0.05) is 32.0 Å². The number of aromatic nitrogens is 2. The molecule has 5 aromatic rings. The number of fused-ring (bicyclic) bond motifs is 4. The SMILES string of the molecule is Cc1cc(-c2ncc(C)c3cc(C(C)C)ccc23)c2oc3nc(C)ccc3c2c1. The van der Waals surface area contributed by atoms with Crippen LogP contribution in [0, 0.1) is 20.8 Å².